The van der Waals surface area contributed by atoms with E-state index in [4.69, 9.17) is 4.98 Å². The molecule has 22 heavy (non-hydrogen) atoms. The maximum Gasteiger partial charge on any atom is 0.255 e. The number of rotatable bonds is 2. The summed E-state index contributed by atoms with van der Waals surface area (Å²) in [5, 5.41) is 3.21. The molecule has 0 bridgehead atoms. The minimum absolute atomic E-state index is 0.00586. The van der Waals surface area contributed by atoms with Gasteiger partial charge >= 0.3 is 0 Å². The lowest BCUT2D eigenvalue weighted by molar-refractivity contribution is 0.102. The highest BCUT2D eigenvalue weighted by Gasteiger charge is 2.25. The topological polar surface area (TPSA) is 42.0 Å². The van der Waals surface area contributed by atoms with Gasteiger partial charge in [0.25, 0.3) is 5.91 Å². The zero-order chi connectivity index (χ0) is 14.9. The summed E-state index contributed by atoms with van der Waals surface area (Å²) < 4.78 is 0. The summed E-state index contributed by atoms with van der Waals surface area (Å²) in [6, 6.07) is 9.47. The van der Waals surface area contributed by atoms with E-state index in [1.165, 1.54) is 35.4 Å². The number of pyridine rings is 1. The molecule has 1 aromatic carbocycles. The van der Waals surface area contributed by atoms with E-state index in [-0.39, 0.29) is 5.91 Å². The van der Waals surface area contributed by atoms with Gasteiger partial charge in [0.15, 0.2) is 0 Å². The second-order valence-corrected chi connectivity index (χ2v) is 6.22. The number of anilines is 1. The molecule has 1 amide bonds. The Morgan fingerprint density at radius 3 is 2.27 bits per heavy atom. The molecule has 3 nitrogen and oxygen atoms in total. The first-order valence-corrected chi connectivity index (χ1v) is 8.23. The molecule has 0 aliphatic heterocycles. The number of nitrogens with zero attached hydrogens (tertiary/aromatic N) is 1. The lowest BCUT2D eigenvalue weighted by Gasteiger charge is -2.22. The van der Waals surface area contributed by atoms with Gasteiger partial charge in [-0.2, -0.15) is 0 Å². The summed E-state index contributed by atoms with van der Waals surface area (Å²) in [6.07, 6.45) is 7.75. The Morgan fingerprint density at radius 2 is 1.50 bits per heavy atom. The number of nitrogens with one attached hydrogen (secondary N) is 1. The standard InChI is InChI=1S/C19H20N2O/c22-19(13-7-2-1-3-8-13)21-18-14-9-4-5-11-16(14)20-17-12-6-10-15(17)18/h1-3,7-8H,4-6,9-12H2,(H,20,21,22). The quantitative estimate of drug-likeness (QED) is 0.917. The van der Waals surface area contributed by atoms with Gasteiger partial charge in [0.1, 0.15) is 0 Å². The van der Waals surface area contributed by atoms with Crippen LogP contribution in [0.1, 0.15) is 52.1 Å². The Labute approximate surface area is 130 Å². The molecule has 0 saturated carbocycles. The summed E-state index contributed by atoms with van der Waals surface area (Å²) in [5.74, 6) is -0.00586. The van der Waals surface area contributed by atoms with E-state index in [2.05, 4.69) is 5.32 Å². The Kier molecular flexibility index (Phi) is 3.41. The molecule has 1 aromatic heterocycles. The van der Waals surface area contributed by atoms with Crippen LogP contribution in [0.15, 0.2) is 30.3 Å². The molecule has 2 aromatic rings. The first-order chi connectivity index (χ1) is 10.8. The Balaban J connectivity index is 1.75. The van der Waals surface area contributed by atoms with Crippen LogP contribution in [0.3, 0.4) is 0 Å². The van der Waals surface area contributed by atoms with E-state index in [0.717, 1.165) is 43.4 Å². The third kappa shape index (κ3) is 2.31. The molecule has 1 heterocycles. The minimum Gasteiger partial charge on any atom is -0.321 e. The normalized spacial score (nSPS) is 16.0. The van der Waals surface area contributed by atoms with Crippen LogP contribution in [0.2, 0.25) is 0 Å². The number of hydrogen-bond donors (Lipinski definition) is 1. The highest BCUT2D eigenvalue weighted by Crippen LogP contribution is 2.36. The molecule has 0 fully saturated rings. The van der Waals surface area contributed by atoms with Crippen molar-refractivity contribution in [2.45, 2.75) is 44.9 Å². The van der Waals surface area contributed by atoms with Crippen molar-refractivity contribution in [3.8, 4) is 0 Å². The molecule has 0 saturated heterocycles. The lowest BCUT2D eigenvalue weighted by atomic mass is 9.92. The Morgan fingerprint density at radius 1 is 0.864 bits per heavy atom. The molecule has 1 N–H and O–H groups in total. The lowest BCUT2D eigenvalue weighted by Crippen LogP contribution is -2.18. The third-order valence-electron chi connectivity index (χ3n) is 4.78. The summed E-state index contributed by atoms with van der Waals surface area (Å²) >= 11 is 0. The Hall–Kier alpha value is -2.16. The van der Waals surface area contributed by atoms with Crippen molar-refractivity contribution in [3.63, 3.8) is 0 Å². The van der Waals surface area contributed by atoms with Crippen LogP contribution in [0.4, 0.5) is 5.69 Å². The number of benzene rings is 1. The predicted molar refractivity (Wildman–Crippen MR) is 87.3 cm³/mol. The summed E-state index contributed by atoms with van der Waals surface area (Å²) in [5.41, 5.74) is 6.79. The second kappa shape index (κ2) is 5.56. The molecule has 0 atom stereocenters. The van der Waals surface area contributed by atoms with Gasteiger partial charge in [-0.05, 0) is 68.2 Å². The van der Waals surface area contributed by atoms with Crippen molar-refractivity contribution >= 4 is 11.6 Å². The van der Waals surface area contributed by atoms with Crippen LogP contribution < -0.4 is 5.32 Å². The van der Waals surface area contributed by atoms with E-state index in [1.807, 2.05) is 30.3 Å². The van der Waals surface area contributed by atoms with Crippen molar-refractivity contribution in [1.29, 1.82) is 0 Å². The summed E-state index contributed by atoms with van der Waals surface area (Å²) in [7, 11) is 0. The maximum absolute atomic E-state index is 12.6. The molecule has 2 aliphatic rings. The van der Waals surface area contributed by atoms with Crippen molar-refractivity contribution in [2.24, 2.45) is 0 Å². The highest BCUT2D eigenvalue weighted by molar-refractivity contribution is 6.05. The third-order valence-corrected chi connectivity index (χ3v) is 4.78. The van der Waals surface area contributed by atoms with E-state index < -0.39 is 0 Å². The first-order valence-electron chi connectivity index (χ1n) is 8.23. The molecule has 3 heteroatoms. The van der Waals surface area contributed by atoms with Crippen LogP contribution in [0.25, 0.3) is 0 Å². The predicted octanol–water partition coefficient (Wildman–Crippen LogP) is 3.70. The van der Waals surface area contributed by atoms with Gasteiger partial charge in [-0.25, -0.2) is 0 Å². The van der Waals surface area contributed by atoms with Gasteiger partial charge < -0.3 is 5.32 Å². The van der Waals surface area contributed by atoms with Gasteiger partial charge in [-0.15, -0.1) is 0 Å². The number of aryl methyl sites for hydroxylation is 2. The SMILES string of the molecule is O=C(Nc1c2c(nc3c1CCC3)CCCC2)c1ccccc1. The molecule has 2 aliphatic carbocycles. The van der Waals surface area contributed by atoms with Crippen molar-refractivity contribution in [1.82, 2.24) is 4.98 Å². The molecule has 0 unspecified atom stereocenters. The fraction of sp³-hybridized carbons (Fsp3) is 0.368. The molecular formula is C19H20N2O. The highest BCUT2D eigenvalue weighted by atomic mass is 16.1. The van der Waals surface area contributed by atoms with Gasteiger partial charge in [-0.3, -0.25) is 9.78 Å². The monoisotopic (exact) mass is 292 g/mol. The van der Waals surface area contributed by atoms with E-state index in [1.54, 1.807) is 0 Å². The fourth-order valence-electron chi connectivity index (χ4n) is 3.67. The van der Waals surface area contributed by atoms with Crippen LogP contribution in [0.5, 0.6) is 0 Å². The molecular weight excluding hydrogens is 272 g/mol. The number of hydrogen-bond acceptors (Lipinski definition) is 2. The average Bonchev–Trinajstić information content (AvgIpc) is 3.03. The number of carbonyl (C=O) groups is 1. The van der Waals surface area contributed by atoms with E-state index in [9.17, 15) is 4.79 Å². The zero-order valence-electron chi connectivity index (χ0n) is 12.7. The summed E-state index contributed by atoms with van der Waals surface area (Å²) in [4.78, 5) is 17.5. The van der Waals surface area contributed by atoms with Crippen LogP contribution >= 0.6 is 0 Å². The van der Waals surface area contributed by atoms with Crippen molar-refractivity contribution < 1.29 is 4.79 Å². The van der Waals surface area contributed by atoms with Crippen LogP contribution in [-0.2, 0) is 25.7 Å². The minimum atomic E-state index is -0.00586. The van der Waals surface area contributed by atoms with Gasteiger partial charge in [0, 0.05) is 17.0 Å². The maximum atomic E-state index is 12.6. The second-order valence-electron chi connectivity index (χ2n) is 6.22. The van der Waals surface area contributed by atoms with Crippen molar-refractivity contribution in [2.75, 3.05) is 5.32 Å². The fourth-order valence-corrected chi connectivity index (χ4v) is 3.67. The molecule has 0 spiro atoms. The van der Waals surface area contributed by atoms with Gasteiger partial charge in [-0.1, -0.05) is 18.2 Å². The van der Waals surface area contributed by atoms with Gasteiger partial charge in [0.05, 0.1) is 5.69 Å². The summed E-state index contributed by atoms with van der Waals surface area (Å²) in [6.45, 7) is 0. The largest absolute Gasteiger partial charge is 0.321 e. The molecule has 0 radical (unpaired) electrons. The first kappa shape index (κ1) is 13.5. The van der Waals surface area contributed by atoms with Gasteiger partial charge in [0.2, 0.25) is 0 Å². The number of amides is 1. The Bertz CT molecular complexity index is 722. The van der Waals surface area contributed by atoms with Crippen molar-refractivity contribution in [3.05, 3.63) is 58.4 Å². The van der Waals surface area contributed by atoms with E-state index >= 15 is 0 Å². The zero-order valence-corrected chi connectivity index (χ0v) is 12.7. The average molecular weight is 292 g/mol. The van der Waals surface area contributed by atoms with Crippen LogP contribution in [-0.4, -0.2) is 10.9 Å². The molecule has 4 rings (SSSR count). The van der Waals surface area contributed by atoms with E-state index in [0.29, 0.717) is 0 Å². The number of carbonyl (C=O) groups excluding carboxylic acids is 1. The number of aromatic nitrogens is 1. The van der Waals surface area contributed by atoms with Crippen LogP contribution in [0, 0.1) is 0 Å². The molecule has 112 valence electrons. The number of fused-ring (bicyclic) bond motifs is 2. The smallest absolute Gasteiger partial charge is 0.255 e.